The summed E-state index contributed by atoms with van der Waals surface area (Å²) in [6, 6.07) is 5.69. The third kappa shape index (κ3) is 4.26. The highest BCUT2D eigenvalue weighted by molar-refractivity contribution is 5.93. The van der Waals surface area contributed by atoms with E-state index in [1.807, 2.05) is 18.2 Å². The Balaban J connectivity index is 2.18. The van der Waals surface area contributed by atoms with Gasteiger partial charge in [0.1, 0.15) is 0 Å². The van der Waals surface area contributed by atoms with Gasteiger partial charge in [0.25, 0.3) is 0 Å². The predicted molar refractivity (Wildman–Crippen MR) is 86.2 cm³/mol. The lowest BCUT2D eigenvalue weighted by molar-refractivity contribution is -0.138. The monoisotopic (exact) mass is 304 g/mol. The Hall–Kier alpha value is -1.97. The minimum atomic E-state index is -0.295. The van der Waals surface area contributed by atoms with Gasteiger partial charge >= 0.3 is 5.97 Å². The molecule has 0 atom stereocenters. The minimum Gasteiger partial charge on any atom is -0.493 e. The molecule has 4 heteroatoms. The van der Waals surface area contributed by atoms with E-state index in [9.17, 15) is 4.79 Å². The topological polar surface area (TPSA) is 44.8 Å². The molecular formula is C18H24O4. The first-order valence-corrected chi connectivity index (χ1v) is 7.84. The summed E-state index contributed by atoms with van der Waals surface area (Å²) in [7, 11) is 1.64. The van der Waals surface area contributed by atoms with Crippen molar-refractivity contribution in [2.45, 2.75) is 45.6 Å². The lowest BCUT2D eigenvalue weighted by Gasteiger charge is -2.16. The molecule has 120 valence electrons. The normalized spacial score (nSPS) is 15.7. The Morgan fingerprint density at radius 1 is 1.27 bits per heavy atom. The molecule has 2 rings (SSSR count). The van der Waals surface area contributed by atoms with E-state index in [2.05, 4.69) is 0 Å². The Kier molecular flexibility index (Phi) is 5.87. The van der Waals surface area contributed by atoms with E-state index in [1.165, 1.54) is 12.8 Å². The van der Waals surface area contributed by atoms with Gasteiger partial charge in [0.15, 0.2) is 11.5 Å². The number of carbonyl (C=O) groups is 1. The van der Waals surface area contributed by atoms with Gasteiger partial charge in [-0.05, 0) is 63.3 Å². The van der Waals surface area contributed by atoms with Crippen LogP contribution in [0, 0.1) is 0 Å². The first-order chi connectivity index (χ1) is 10.6. The van der Waals surface area contributed by atoms with E-state index in [0.29, 0.717) is 12.2 Å². The molecule has 0 N–H and O–H groups in total. The van der Waals surface area contributed by atoms with E-state index >= 15 is 0 Å². The molecule has 0 amide bonds. The van der Waals surface area contributed by atoms with Crippen molar-refractivity contribution in [1.82, 2.24) is 0 Å². The number of esters is 1. The highest BCUT2D eigenvalue weighted by Gasteiger charge is 2.18. The van der Waals surface area contributed by atoms with Gasteiger partial charge in [-0.2, -0.15) is 0 Å². The van der Waals surface area contributed by atoms with Crippen LogP contribution in [-0.2, 0) is 9.53 Å². The van der Waals surface area contributed by atoms with E-state index in [-0.39, 0.29) is 12.1 Å². The SMILES string of the molecule is CCOC(=O)C(C)=Cc1ccc(OC)c(OC2CCCC2)c1. The van der Waals surface area contributed by atoms with E-state index in [1.54, 1.807) is 27.0 Å². The summed E-state index contributed by atoms with van der Waals surface area (Å²) in [5.74, 6) is 1.16. The van der Waals surface area contributed by atoms with Crippen LogP contribution in [0.25, 0.3) is 6.08 Å². The number of hydrogen-bond acceptors (Lipinski definition) is 4. The second kappa shape index (κ2) is 7.87. The van der Waals surface area contributed by atoms with Gasteiger partial charge < -0.3 is 14.2 Å². The van der Waals surface area contributed by atoms with Crippen molar-refractivity contribution < 1.29 is 19.0 Å². The molecule has 0 heterocycles. The van der Waals surface area contributed by atoms with Gasteiger partial charge in [-0.15, -0.1) is 0 Å². The minimum absolute atomic E-state index is 0.263. The number of ether oxygens (including phenoxy) is 3. The first kappa shape index (κ1) is 16.4. The largest absolute Gasteiger partial charge is 0.493 e. The van der Waals surface area contributed by atoms with E-state index < -0.39 is 0 Å². The second-order valence-electron chi connectivity index (χ2n) is 5.48. The molecule has 1 saturated carbocycles. The van der Waals surface area contributed by atoms with E-state index in [0.717, 1.165) is 29.9 Å². The molecule has 1 aliphatic rings. The number of rotatable bonds is 6. The van der Waals surface area contributed by atoms with Crippen LogP contribution < -0.4 is 9.47 Å². The standard InChI is InChI=1S/C18H24O4/c1-4-21-18(19)13(2)11-14-9-10-16(20-3)17(12-14)22-15-7-5-6-8-15/h9-12,15H,4-8H2,1-3H3. The lowest BCUT2D eigenvalue weighted by atomic mass is 10.1. The first-order valence-electron chi connectivity index (χ1n) is 7.84. The summed E-state index contributed by atoms with van der Waals surface area (Å²) in [5.41, 5.74) is 1.47. The van der Waals surface area contributed by atoms with Crippen molar-refractivity contribution in [2.75, 3.05) is 13.7 Å². The van der Waals surface area contributed by atoms with Crippen molar-refractivity contribution in [3.05, 3.63) is 29.3 Å². The maximum absolute atomic E-state index is 11.7. The van der Waals surface area contributed by atoms with Gasteiger partial charge in [0.2, 0.25) is 0 Å². The maximum Gasteiger partial charge on any atom is 0.333 e. The zero-order valence-electron chi connectivity index (χ0n) is 13.6. The summed E-state index contributed by atoms with van der Waals surface area (Å²) in [4.78, 5) is 11.7. The van der Waals surface area contributed by atoms with Crippen molar-refractivity contribution in [1.29, 1.82) is 0 Å². The molecular weight excluding hydrogens is 280 g/mol. The smallest absolute Gasteiger partial charge is 0.333 e. The molecule has 0 saturated heterocycles. The molecule has 1 aliphatic carbocycles. The predicted octanol–water partition coefficient (Wildman–Crippen LogP) is 3.98. The van der Waals surface area contributed by atoms with Gasteiger partial charge in [-0.1, -0.05) is 6.07 Å². The van der Waals surface area contributed by atoms with Crippen LogP contribution in [0.1, 0.15) is 45.1 Å². The Bertz CT molecular complexity index is 542. The fourth-order valence-electron chi connectivity index (χ4n) is 2.61. The third-order valence-corrected chi connectivity index (χ3v) is 3.76. The zero-order valence-corrected chi connectivity index (χ0v) is 13.6. The molecule has 22 heavy (non-hydrogen) atoms. The van der Waals surface area contributed by atoms with Crippen LogP contribution in [0.4, 0.5) is 0 Å². The number of benzene rings is 1. The van der Waals surface area contributed by atoms with Crippen molar-refractivity contribution in [2.24, 2.45) is 0 Å². The lowest BCUT2D eigenvalue weighted by Crippen LogP contribution is -2.11. The summed E-state index contributed by atoms with van der Waals surface area (Å²) in [6.07, 6.45) is 6.68. The number of carbonyl (C=O) groups excluding carboxylic acids is 1. The molecule has 0 aliphatic heterocycles. The van der Waals surface area contributed by atoms with Gasteiger partial charge in [-0.25, -0.2) is 4.79 Å². The fraction of sp³-hybridized carbons (Fsp3) is 0.500. The molecule has 0 unspecified atom stereocenters. The average Bonchev–Trinajstić information content (AvgIpc) is 3.01. The Morgan fingerprint density at radius 3 is 2.64 bits per heavy atom. The summed E-state index contributed by atoms with van der Waals surface area (Å²) in [6.45, 7) is 3.93. The van der Waals surface area contributed by atoms with Crippen molar-refractivity contribution in [3.8, 4) is 11.5 Å². The number of hydrogen-bond donors (Lipinski definition) is 0. The van der Waals surface area contributed by atoms with Crippen molar-refractivity contribution >= 4 is 12.0 Å². The fourth-order valence-corrected chi connectivity index (χ4v) is 2.61. The highest BCUT2D eigenvalue weighted by atomic mass is 16.5. The molecule has 1 aromatic rings. The molecule has 0 spiro atoms. The molecule has 0 aromatic heterocycles. The van der Waals surface area contributed by atoms with E-state index in [4.69, 9.17) is 14.2 Å². The Morgan fingerprint density at radius 2 is 2.00 bits per heavy atom. The summed E-state index contributed by atoms with van der Waals surface area (Å²) < 4.78 is 16.4. The van der Waals surface area contributed by atoms with Crippen LogP contribution >= 0.6 is 0 Å². The Labute approximate surface area is 132 Å². The van der Waals surface area contributed by atoms with Crippen LogP contribution in [0.15, 0.2) is 23.8 Å². The maximum atomic E-state index is 11.7. The highest BCUT2D eigenvalue weighted by Crippen LogP contribution is 2.33. The van der Waals surface area contributed by atoms with Crippen LogP contribution in [-0.4, -0.2) is 25.8 Å². The average molecular weight is 304 g/mol. The number of methoxy groups -OCH3 is 1. The van der Waals surface area contributed by atoms with Gasteiger partial charge in [-0.3, -0.25) is 0 Å². The quantitative estimate of drug-likeness (QED) is 0.589. The molecule has 1 fully saturated rings. The third-order valence-electron chi connectivity index (χ3n) is 3.76. The zero-order chi connectivity index (χ0) is 15.9. The van der Waals surface area contributed by atoms with Crippen molar-refractivity contribution in [3.63, 3.8) is 0 Å². The van der Waals surface area contributed by atoms with Gasteiger partial charge in [0.05, 0.1) is 19.8 Å². The second-order valence-corrected chi connectivity index (χ2v) is 5.48. The van der Waals surface area contributed by atoms with Crippen LogP contribution in [0.3, 0.4) is 0 Å². The molecule has 0 bridgehead atoms. The summed E-state index contributed by atoms with van der Waals surface area (Å²) >= 11 is 0. The van der Waals surface area contributed by atoms with Gasteiger partial charge in [0, 0.05) is 5.57 Å². The van der Waals surface area contributed by atoms with Crippen LogP contribution in [0.5, 0.6) is 11.5 Å². The summed E-state index contributed by atoms with van der Waals surface area (Å²) in [5, 5.41) is 0. The van der Waals surface area contributed by atoms with Crippen LogP contribution in [0.2, 0.25) is 0 Å². The molecule has 4 nitrogen and oxygen atoms in total. The molecule has 0 radical (unpaired) electrons. The molecule has 1 aromatic carbocycles.